The van der Waals surface area contributed by atoms with Crippen LogP contribution < -0.4 is 16.6 Å². The number of thioether (sulfide) groups is 1. The van der Waals surface area contributed by atoms with Crippen molar-refractivity contribution in [2.75, 3.05) is 11.1 Å². The van der Waals surface area contributed by atoms with Crippen molar-refractivity contribution < 1.29 is 0 Å². The third kappa shape index (κ3) is 4.89. The first-order valence-corrected chi connectivity index (χ1v) is 12.4. The number of nitrogens with two attached hydrogens (primary N) is 1. The highest BCUT2D eigenvalue weighted by molar-refractivity contribution is 7.98. The minimum Gasteiger partial charge on any atom is -0.368 e. The molecule has 9 nitrogen and oxygen atoms in total. The number of hydrogen-bond donors (Lipinski definition) is 2. The molecule has 3 heterocycles. The largest absolute Gasteiger partial charge is 0.368 e. The van der Waals surface area contributed by atoms with E-state index in [-0.39, 0.29) is 11.5 Å². The van der Waals surface area contributed by atoms with Gasteiger partial charge in [-0.1, -0.05) is 55.1 Å². The lowest BCUT2D eigenvalue weighted by Crippen LogP contribution is -2.22. The van der Waals surface area contributed by atoms with E-state index in [0.29, 0.717) is 39.4 Å². The molecule has 0 saturated heterocycles. The van der Waals surface area contributed by atoms with Crippen molar-refractivity contribution in [3.63, 3.8) is 0 Å². The van der Waals surface area contributed by atoms with Crippen molar-refractivity contribution in [1.82, 2.24) is 29.5 Å². The molecule has 5 aromatic rings. The number of anilines is 3. The molecule has 180 valence electrons. The maximum absolute atomic E-state index is 13.4. The number of fused-ring (bicyclic) bond motifs is 1. The predicted octanol–water partition coefficient (Wildman–Crippen LogP) is 4.45. The second-order valence-corrected chi connectivity index (χ2v) is 9.05. The number of para-hydroxylation sites is 2. The standard InChI is InChI=1S/C26H24N8OS/c1-3-17-8-4-6-10-19(17)29-25-32-21(31-24(27)33-25)15-36-26-30-20-11-7-5-9-18(20)23(35)34(26)22-13-12-16(2)14-28-22/h4-14H,3,15H2,1-2H3,(H3,27,29,31,32,33). The molecule has 0 bridgehead atoms. The molecule has 0 aliphatic carbocycles. The summed E-state index contributed by atoms with van der Waals surface area (Å²) in [6.07, 6.45) is 2.59. The van der Waals surface area contributed by atoms with Gasteiger partial charge in [-0.15, -0.1) is 0 Å². The number of aryl methyl sites for hydroxylation is 2. The maximum Gasteiger partial charge on any atom is 0.267 e. The van der Waals surface area contributed by atoms with Gasteiger partial charge in [-0.2, -0.15) is 15.0 Å². The number of pyridine rings is 1. The molecule has 2 aromatic carbocycles. The van der Waals surface area contributed by atoms with E-state index in [2.05, 4.69) is 32.2 Å². The molecular weight excluding hydrogens is 472 g/mol. The lowest BCUT2D eigenvalue weighted by molar-refractivity contribution is 0.793. The minimum atomic E-state index is -0.187. The molecule has 0 unspecified atom stereocenters. The van der Waals surface area contributed by atoms with Crippen LogP contribution in [0.2, 0.25) is 0 Å². The topological polar surface area (TPSA) is 124 Å². The summed E-state index contributed by atoms with van der Waals surface area (Å²) < 4.78 is 1.52. The van der Waals surface area contributed by atoms with Crippen LogP contribution in [-0.4, -0.2) is 29.5 Å². The highest BCUT2D eigenvalue weighted by Crippen LogP contribution is 2.25. The van der Waals surface area contributed by atoms with Crippen molar-refractivity contribution in [2.24, 2.45) is 0 Å². The highest BCUT2D eigenvalue weighted by Gasteiger charge is 2.16. The molecule has 0 fully saturated rings. The fraction of sp³-hybridized carbons (Fsp3) is 0.154. The Morgan fingerprint density at radius 2 is 1.78 bits per heavy atom. The van der Waals surface area contributed by atoms with Gasteiger partial charge in [-0.3, -0.25) is 4.79 Å². The summed E-state index contributed by atoms with van der Waals surface area (Å²) in [5, 5.41) is 4.26. The number of benzene rings is 2. The molecule has 0 saturated carbocycles. The first-order chi connectivity index (χ1) is 17.5. The van der Waals surface area contributed by atoms with Crippen LogP contribution in [0.5, 0.6) is 0 Å². The van der Waals surface area contributed by atoms with Gasteiger partial charge in [0, 0.05) is 11.9 Å². The molecule has 10 heteroatoms. The summed E-state index contributed by atoms with van der Waals surface area (Å²) in [6.45, 7) is 4.03. The lowest BCUT2D eigenvalue weighted by Gasteiger charge is -2.13. The van der Waals surface area contributed by atoms with Gasteiger partial charge >= 0.3 is 0 Å². The molecule has 0 radical (unpaired) electrons. The maximum atomic E-state index is 13.4. The van der Waals surface area contributed by atoms with E-state index >= 15 is 0 Å². The molecule has 5 rings (SSSR count). The first-order valence-electron chi connectivity index (χ1n) is 11.4. The average molecular weight is 497 g/mol. The van der Waals surface area contributed by atoms with Crippen LogP contribution >= 0.6 is 11.8 Å². The normalized spacial score (nSPS) is 11.1. The van der Waals surface area contributed by atoms with Crippen LogP contribution in [0.15, 0.2) is 76.8 Å². The number of nitrogen functional groups attached to an aromatic ring is 1. The second kappa shape index (κ2) is 10.1. The summed E-state index contributed by atoms with van der Waals surface area (Å²) in [4.78, 5) is 35.7. The number of aromatic nitrogens is 6. The van der Waals surface area contributed by atoms with Gasteiger partial charge in [0.05, 0.1) is 16.7 Å². The van der Waals surface area contributed by atoms with E-state index in [1.807, 2.05) is 61.5 Å². The van der Waals surface area contributed by atoms with E-state index < -0.39 is 0 Å². The molecule has 3 N–H and O–H groups in total. The SMILES string of the molecule is CCc1ccccc1Nc1nc(N)nc(CSc2nc3ccccc3c(=O)n2-c2ccc(C)cn2)n1. The van der Waals surface area contributed by atoms with Gasteiger partial charge in [-0.25, -0.2) is 14.5 Å². The molecule has 36 heavy (non-hydrogen) atoms. The summed E-state index contributed by atoms with van der Waals surface area (Å²) in [7, 11) is 0. The van der Waals surface area contributed by atoms with Crippen molar-refractivity contribution in [2.45, 2.75) is 31.2 Å². The Hall–Kier alpha value is -4.31. The van der Waals surface area contributed by atoms with Crippen LogP contribution in [0.1, 0.15) is 23.9 Å². The molecule has 0 spiro atoms. The van der Waals surface area contributed by atoms with E-state index in [0.717, 1.165) is 23.2 Å². The molecule has 3 aromatic heterocycles. The third-order valence-electron chi connectivity index (χ3n) is 5.54. The fourth-order valence-corrected chi connectivity index (χ4v) is 4.62. The van der Waals surface area contributed by atoms with Gasteiger partial charge in [-0.05, 0) is 48.7 Å². The van der Waals surface area contributed by atoms with Crippen LogP contribution in [-0.2, 0) is 12.2 Å². The Morgan fingerprint density at radius 3 is 2.58 bits per heavy atom. The Balaban J connectivity index is 1.49. The highest BCUT2D eigenvalue weighted by atomic mass is 32.2. The molecular formula is C26H24N8OS. The van der Waals surface area contributed by atoms with Crippen LogP contribution in [0.25, 0.3) is 16.7 Å². The zero-order chi connectivity index (χ0) is 25.1. The van der Waals surface area contributed by atoms with Crippen LogP contribution in [0.4, 0.5) is 17.6 Å². The molecule has 0 aliphatic rings. The zero-order valence-corrected chi connectivity index (χ0v) is 20.7. The number of nitrogens with one attached hydrogen (secondary N) is 1. The van der Waals surface area contributed by atoms with E-state index in [4.69, 9.17) is 10.7 Å². The molecule has 0 amide bonds. The first kappa shape index (κ1) is 23.4. The van der Waals surface area contributed by atoms with Crippen molar-refractivity contribution >= 4 is 40.2 Å². The number of hydrogen-bond acceptors (Lipinski definition) is 9. The minimum absolute atomic E-state index is 0.112. The Bertz CT molecular complexity index is 1600. The monoisotopic (exact) mass is 496 g/mol. The number of nitrogens with zero attached hydrogens (tertiary/aromatic N) is 6. The van der Waals surface area contributed by atoms with Crippen molar-refractivity contribution in [3.8, 4) is 5.82 Å². The number of rotatable bonds is 7. The smallest absolute Gasteiger partial charge is 0.267 e. The Labute approximate surface area is 211 Å². The van der Waals surface area contributed by atoms with Gasteiger partial charge in [0.25, 0.3) is 5.56 Å². The van der Waals surface area contributed by atoms with Gasteiger partial charge in [0.2, 0.25) is 11.9 Å². The lowest BCUT2D eigenvalue weighted by atomic mass is 10.1. The van der Waals surface area contributed by atoms with Crippen LogP contribution in [0, 0.1) is 6.92 Å². The Morgan fingerprint density at radius 1 is 0.972 bits per heavy atom. The summed E-state index contributed by atoms with van der Waals surface area (Å²) in [6, 6.07) is 19.0. The summed E-state index contributed by atoms with van der Waals surface area (Å²) >= 11 is 1.34. The van der Waals surface area contributed by atoms with Crippen LogP contribution in [0.3, 0.4) is 0 Å². The van der Waals surface area contributed by atoms with Crippen molar-refractivity contribution in [3.05, 3.63) is 94.2 Å². The van der Waals surface area contributed by atoms with E-state index in [9.17, 15) is 4.79 Å². The van der Waals surface area contributed by atoms with E-state index in [1.54, 1.807) is 12.3 Å². The van der Waals surface area contributed by atoms with Crippen molar-refractivity contribution in [1.29, 1.82) is 0 Å². The summed E-state index contributed by atoms with van der Waals surface area (Å²) in [5.74, 6) is 1.77. The quantitative estimate of drug-likeness (QED) is 0.248. The Kier molecular flexibility index (Phi) is 6.59. The van der Waals surface area contributed by atoms with Gasteiger partial charge < -0.3 is 11.1 Å². The van der Waals surface area contributed by atoms with Gasteiger partial charge in [0.15, 0.2) is 5.16 Å². The van der Waals surface area contributed by atoms with E-state index in [1.165, 1.54) is 16.3 Å². The third-order valence-corrected chi connectivity index (χ3v) is 6.48. The average Bonchev–Trinajstić information content (AvgIpc) is 2.88. The second-order valence-electron chi connectivity index (χ2n) is 8.10. The van der Waals surface area contributed by atoms with Gasteiger partial charge in [0.1, 0.15) is 11.6 Å². The fourth-order valence-electron chi connectivity index (χ4n) is 3.76. The molecule has 0 atom stereocenters. The predicted molar refractivity (Wildman–Crippen MR) is 143 cm³/mol. The molecule has 0 aliphatic heterocycles. The zero-order valence-electron chi connectivity index (χ0n) is 19.8. The summed E-state index contributed by atoms with van der Waals surface area (Å²) in [5.41, 5.74) is 9.48.